The molecule has 2 rings (SSSR count). The van der Waals surface area contributed by atoms with E-state index in [1.165, 1.54) is 6.42 Å². The predicted molar refractivity (Wildman–Crippen MR) is 190 cm³/mol. The van der Waals surface area contributed by atoms with Crippen LogP contribution in [0.2, 0.25) is 0 Å². The van der Waals surface area contributed by atoms with Crippen molar-refractivity contribution in [2.45, 2.75) is 158 Å². The zero-order valence-electron chi connectivity index (χ0n) is 32.3. The Morgan fingerprint density at radius 2 is 1.02 bits per heavy atom. The van der Waals surface area contributed by atoms with E-state index >= 15 is 0 Å². The minimum atomic E-state index is -0.636. The Morgan fingerprint density at radius 3 is 1.53 bits per heavy atom. The zero-order valence-corrected chi connectivity index (χ0v) is 32.3. The number of hydrogen-bond donors (Lipinski definition) is 1. The van der Waals surface area contributed by atoms with Crippen molar-refractivity contribution in [3.63, 3.8) is 0 Å². The molecule has 10 nitrogen and oxygen atoms in total. The molecule has 1 N–H and O–H groups in total. The number of carbonyl (C=O) groups is 4. The van der Waals surface area contributed by atoms with E-state index in [0.717, 1.165) is 57.8 Å². The van der Waals surface area contributed by atoms with Crippen LogP contribution in [-0.2, 0) is 33.3 Å². The van der Waals surface area contributed by atoms with Gasteiger partial charge in [0.15, 0.2) is 0 Å². The van der Waals surface area contributed by atoms with Crippen molar-refractivity contribution in [2.75, 3.05) is 33.0 Å². The quantitative estimate of drug-likeness (QED) is 0.0799. The Hall–Kier alpha value is -2.52. The maximum Gasteiger partial charge on any atom is 0.508 e. The molecular formula is C39H69NO9. The summed E-state index contributed by atoms with van der Waals surface area (Å²) in [5, 5.41) is 2.95. The van der Waals surface area contributed by atoms with Crippen molar-refractivity contribution < 1.29 is 42.9 Å². The third-order valence-electron chi connectivity index (χ3n) is 9.63. The van der Waals surface area contributed by atoms with Crippen molar-refractivity contribution in [3.05, 3.63) is 0 Å². The van der Waals surface area contributed by atoms with Crippen LogP contribution in [0.15, 0.2) is 0 Å². The highest BCUT2D eigenvalue weighted by Crippen LogP contribution is 2.50. The molecule has 284 valence electrons. The van der Waals surface area contributed by atoms with E-state index in [2.05, 4.69) is 53.8 Å². The fourth-order valence-electron chi connectivity index (χ4n) is 8.96. The van der Waals surface area contributed by atoms with E-state index in [1.54, 1.807) is 13.8 Å². The van der Waals surface area contributed by atoms with Gasteiger partial charge in [0.25, 0.3) is 0 Å². The molecule has 0 bridgehead atoms. The second-order valence-corrected chi connectivity index (χ2v) is 17.9. The standard InChI is InChI=1S/C39H69NO9/c1-29(2)49-35(44)48-19-13-11-10-12-16-45-33(42)21-31-24-38(7,8)27-39(9,25-31)28-40-34(43)47-18-15-14-17-46-32(41)20-30-22-36(3,4)26-37(5,6)23-30/h29-31H,10-28H2,1-9H3,(H,40,43). The molecule has 0 spiro atoms. The van der Waals surface area contributed by atoms with Gasteiger partial charge in [-0.3, -0.25) is 9.59 Å². The van der Waals surface area contributed by atoms with Crippen molar-refractivity contribution in [2.24, 2.45) is 33.5 Å². The Bertz CT molecular complexity index is 1040. The average molecular weight is 696 g/mol. The van der Waals surface area contributed by atoms with Crippen molar-refractivity contribution in [3.8, 4) is 0 Å². The molecule has 0 radical (unpaired) electrons. The Labute approximate surface area is 296 Å². The van der Waals surface area contributed by atoms with Gasteiger partial charge in [0, 0.05) is 19.4 Å². The molecular weight excluding hydrogens is 626 g/mol. The van der Waals surface area contributed by atoms with Crippen LogP contribution in [-0.4, -0.2) is 63.3 Å². The number of unbranched alkanes of at least 4 members (excludes halogenated alkanes) is 4. The lowest BCUT2D eigenvalue weighted by atomic mass is 9.60. The van der Waals surface area contributed by atoms with Crippen LogP contribution in [0, 0.1) is 33.5 Å². The molecule has 49 heavy (non-hydrogen) atoms. The number of nitrogens with one attached hydrogen (secondary N) is 1. The Balaban J connectivity index is 1.58. The average Bonchev–Trinajstić information content (AvgIpc) is 2.92. The van der Waals surface area contributed by atoms with Crippen LogP contribution in [0.3, 0.4) is 0 Å². The minimum Gasteiger partial charge on any atom is -0.466 e. The topological polar surface area (TPSA) is 126 Å². The van der Waals surface area contributed by atoms with Crippen molar-refractivity contribution >= 4 is 24.2 Å². The van der Waals surface area contributed by atoms with Crippen LogP contribution in [0.5, 0.6) is 0 Å². The smallest absolute Gasteiger partial charge is 0.466 e. The summed E-state index contributed by atoms with van der Waals surface area (Å²) in [6.45, 7) is 21.1. The maximum atomic E-state index is 12.7. The first kappa shape index (κ1) is 42.6. The molecule has 0 aromatic rings. The summed E-state index contributed by atoms with van der Waals surface area (Å²) in [4.78, 5) is 49.0. The van der Waals surface area contributed by atoms with E-state index in [-0.39, 0.29) is 52.2 Å². The molecule has 2 fully saturated rings. The molecule has 0 saturated heterocycles. The first-order valence-corrected chi connectivity index (χ1v) is 18.8. The molecule has 2 saturated carbocycles. The van der Waals surface area contributed by atoms with Crippen LogP contribution in [0.4, 0.5) is 9.59 Å². The molecule has 2 aliphatic rings. The predicted octanol–water partition coefficient (Wildman–Crippen LogP) is 9.17. The second kappa shape index (κ2) is 19.8. The highest BCUT2D eigenvalue weighted by molar-refractivity contribution is 5.70. The number of rotatable bonds is 19. The number of amides is 1. The van der Waals surface area contributed by atoms with Gasteiger partial charge < -0.3 is 29.0 Å². The number of carbonyl (C=O) groups excluding carboxylic acids is 4. The van der Waals surface area contributed by atoms with Gasteiger partial charge in [-0.05, 0) is 124 Å². The fraction of sp³-hybridized carbons (Fsp3) is 0.897. The lowest BCUT2D eigenvalue weighted by Gasteiger charge is -2.46. The van der Waals surface area contributed by atoms with Gasteiger partial charge in [0.1, 0.15) is 0 Å². The van der Waals surface area contributed by atoms with Gasteiger partial charge in [-0.1, -0.05) is 48.5 Å². The normalized spacial score (nSPS) is 22.9. The molecule has 0 aromatic carbocycles. The van der Waals surface area contributed by atoms with Gasteiger partial charge in [-0.2, -0.15) is 0 Å². The van der Waals surface area contributed by atoms with Crippen LogP contribution >= 0.6 is 0 Å². The summed E-state index contributed by atoms with van der Waals surface area (Å²) in [5.74, 6) is 0.238. The van der Waals surface area contributed by atoms with Gasteiger partial charge >= 0.3 is 24.2 Å². The largest absolute Gasteiger partial charge is 0.508 e. The Morgan fingerprint density at radius 1 is 0.592 bits per heavy atom. The third-order valence-corrected chi connectivity index (χ3v) is 9.63. The first-order chi connectivity index (χ1) is 22.8. The number of alkyl carbamates (subject to hydrolysis) is 1. The van der Waals surface area contributed by atoms with Gasteiger partial charge in [0.05, 0.1) is 32.5 Å². The lowest BCUT2D eigenvalue weighted by Crippen LogP contribution is -2.44. The lowest BCUT2D eigenvalue weighted by molar-refractivity contribution is -0.147. The van der Waals surface area contributed by atoms with Crippen molar-refractivity contribution in [1.82, 2.24) is 5.32 Å². The molecule has 0 heterocycles. The first-order valence-electron chi connectivity index (χ1n) is 18.8. The van der Waals surface area contributed by atoms with Gasteiger partial charge in [-0.15, -0.1) is 0 Å². The summed E-state index contributed by atoms with van der Waals surface area (Å²) in [6.07, 6.45) is 10.1. The molecule has 2 unspecified atom stereocenters. The fourth-order valence-corrected chi connectivity index (χ4v) is 8.96. The summed E-state index contributed by atoms with van der Waals surface area (Å²) < 4.78 is 26.4. The number of esters is 2. The summed E-state index contributed by atoms with van der Waals surface area (Å²) >= 11 is 0. The summed E-state index contributed by atoms with van der Waals surface area (Å²) in [5.41, 5.74) is 0.371. The SMILES string of the molecule is CC(C)OC(=O)OCCCCCCOC(=O)CC1CC(C)(C)CC(C)(CNC(=O)OCCCCOC(=O)CC2CC(C)(C)CC(C)(C)C2)C1. The highest BCUT2D eigenvalue weighted by atomic mass is 16.7. The maximum absolute atomic E-state index is 12.7. The third kappa shape index (κ3) is 18.9. The van der Waals surface area contributed by atoms with Crippen LogP contribution in [0.1, 0.15) is 152 Å². The highest BCUT2D eigenvalue weighted by Gasteiger charge is 2.42. The molecule has 2 atom stereocenters. The molecule has 0 aromatic heterocycles. The second-order valence-electron chi connectivity index (χ2n) is 17.9. The number of ether oxygens (including phenoxy) is 5. The van der Waals surface area contributed by atoms with E-state index in [4.69, 9.17) is 23.7 Å². The monoisotopic (exact) mass is 695 g/mol. The molecule has 10 heteroatoms. The van der Waals surface area contributed by atoms with Crippen molar-refractivity contribution in [1.29, 1.82) is 0 Å². The van der Waals surface area contributed by atoms with Crippen LogP contribution in [0.25, 0.3) is 0 Å². The molecule has 0 aliphatic heterocycles. The molecule has 1 amide bonds. The van der Waals surface area contributed by atoms with E-state index in [9.17, 15) is 19.2 Å². The van der Waals surface area contributed by atoms with Gasteiger partial charge in [-0.25, -0.2) is 9.59 Å². The Kier molecular flexibility index (Phi) is 17.2. The van der Waals surface area contributed by atoms with Crippen LogP contribution < -0.4 is 5.32 Å². The molecule has 2 aliphatic carbocycles. The zero-order chi connectivity index (χ0) is 36.7. The van der Waals surface area contributed by atoms with E-state index in [0.29, 0.717) is 58.0 Å². The number of hydrogen-bond acceptors (Lipinski definition) is 9. The minimum absolute atomic E-state index is 0.0357. The summed E-state index contributed by atoms with van der Waals surface area (Å²) in [7, 11) is 0. The van der Waals surface area contributed by atoms with E-state index < -0.39 is 12.2 Å². The van der Waals surface area contributed by atoms with E-state index in [1.807, 2.05) is 0 Å². The summed E-state index contributed by atoms with van der Waals surface area (Å²) in [6, 6.07) is 0. The van der Waals surface area contributed by atoms with Gasteiger partial charge in [0.2, 0.25) is 0 Å².